The van der Waals surface area contributed by atoms with Crippen LogP contribution in [0, 0.1) is 0 Å². The van der Waals surface area contributed by atoms with Gasteiger partial charge in [-0.15, -0.1) is 24.2 Å². The zero-order valence-electron chi connectivity index (χ0n) is 11.1. The maximum atomic E-state index is 5.65. The van der Waals surface area contributed by atoms with Crippen molar-refractivity contribution < 1.29 is 9.47 Å². The lowest BCUT2D eigenvalue weighted by Gasteiger charge is -2.26. The highest BCUT2D eigenvalue weighted by Crippen LogP contribution is 2.16. The Morgan fingerprint density at radius 3 is 2.58 bits per heavy atom. The van der Waals surface area contributed by atoms with Crippen LogP contribution >= 0.6 is 24.2 Å². The molecule has 0 spiro atoms. The van der Waals surface area contributed by atoms with Gasteiger partial charge in [-0.3, -0.25) is 4.90 Å². The van der Waals surface area contributed by atoms with E-state index in [1.165, 1.54) is 4.90 Å². The van der Waals surface area contributed by atoms with Crippen LogP contribution in [0.15, 0.2) is 35.2 Å². The summed E-state index contributed by atoms with van der Waals surface area (Å²) in [7, 11) is 0. The van der Waals surface area contributed by atoms with E-state index in [9.17, 15) is 0 Å². The molecule has 108 valence electrons. The lowest BCUT2D eigenvalue weighted by atomic mass is 10.4. The Hall–Kier alpha value is -0.260. The fraction of sp³-hybridized carbons (Fsp3) is 0.571. The topological polar surface area (TPSA) is 21.7 Å². The number of morpholine rings is 1. The normalized spacial score (nSPS) is 16.0. The van der Waals surface area contributed by atoms with Crippen molar-refractivity contribution in [3.63, 3.8) is 0 Å². The monoisotopic (exact) mass is 303 g/mol. The number of thioether (sulfide) groups is 1. The molecule has 19 heavy (non-hydrogen) atoms. The van der Waals surface area contributed by atoms with E-state index in [4.69, 9.17) is 9.47 Å². The van der Waals surface area contributed by atoms with Gasteiger partial charge < -0.3 is 9.47 Å². The first-order valence-electron chi connectivity index (χ1n) is 6.51. The first kappa shape index (κ1) is 16.8. The molecule has 0 aliphatic carbocycles. The van der Waals surface area contributed by atoms with E-state index in [2.05, 4.69) is 29.2 Å². The number of hydrogen-bond acceptors (Lipinski definition) is 4. The van der Waals surface area contributed by atoms with Crippen molar-refractivity contribution in [3.8, 4) is 0 Å². The maximum Gasteiger partial charge on any atom is 0.0594 e. The fourth-order valence-corrected chi connectivity index (χ4v) is 2.64. The molecule has 1 fully saturated rings. The van der Waals surface area contributed by atoms with Crippen LogP contribution in [0.5, 0.6) is 0 Å². The molecule has 0 bridgehead atoms. The second-order valence-corrected chi connectivity index (χ2v) is 5.40. The summed E-state index contributed by atoms with van der Waals surface area (Å²) in [6.45, 7) is 6.50. The minimum Gasteiger partial charge on any atom is -0.379 e. The molecule has 0 N–H and O–H groups in total. The summed E-state index contributed by atoms with van der Waals surface area (Å²) in [4.78, 5) is 3.71. The second kappa shape index (κ2) is 10.5. The molecule has 1 aromatic rings. The van der Waals surface area contributed by atoms with Gasteiger partial charge in [0.05, 0.1) is 26.4 Å². The zero-order chi connectivity index (χ0) is 12.5. The Labute approximate surface area is 126 Å². The van der Waals surface area contributed by atoms with Gasteiger partial charge >= 0.3 is 0 Å². The molecule has 0 radical (unpaired) electrons. The van der Waals surface area contributed by atoms with Crippen molar-refractivity contribution >= 4 is 24.2 Å². The largest absolute Gasteiger partial charge is 0.379 e. The van der Waals surface area contributed by atoms with E-state index >= 15 is 0 Å². The van der Waals surface area contributed by atoms with Crippen LogP contribution in [0.3, 0.4) is 0 Å². The van der Waals surface area contributed by atoms with Gasteiger partial charge in [0.2, 0.25) is 0 Å². The highest BCUT2D eigenvalue weighted by molar-refractivity contribution is 7.99. The molecular formula is C14H22ClNO2S. The molecule has 1 heterocycles. The third kappa shape index (κ3) is 7.18. The first-order chi connectivity index (χ1) is 8.95. The minimum absolute atomic E-state index is 0. The highest BCUT2D eigenvalue weighted by atomic mass is 35.5. The number of rotatable bonds is 7. The van der Waals surface area contributed by atoms with Crippen molar-refractivity contribution in [1.29, 1.82) is 0 Å². The smallest absolute Gasteiger partial charge is 0.0594 e. The van der Waals surface area contributed by atoms with Crippen molar-refractivity contribution in [2.75, 3.05) is 51.8 Å². The van der Waals surface area contributed by atoms with Gasteiger partial charge in [-0.1, -0.05) is 18.2 Å². The Balaban J connectivity index is 0.00000180. The van der Waals surface area contributed by atoms with Gasteiger partial charge in [-0.05, 0) is 12.1 Å². The van der Waals surface area contributed by atoms with Crippen LogP contribution in [0.4, 0.5) is 0 Å². The summed E-state index contributed by atoms with van der Waals surface area (Å²) < 4.78 is 11.0. The van der Waals surface area contributed by atoms with Crippen LogP contribution in [0.2, 0.25) is 0 Å². The Morgan fingerprint density at radius 2 is 1.84 bits per heavy atom. The van der Waals surface area contributed by atoms with Crippen LogP contribution in [0.25, 0.3) is 0 Å². The number of benzene rings is 1. The van der Waals surface area contributed by atoms with Gasteiger partial charge in [-0.25, -0.2) is 0 Å². The molecule has 0 saturated carbocycles. The number of ether oxygens (including phenoxy) is 2. The Bertz CT molecular complexity index is 320. The average molecular weight is 304 g/mol. The van der Waals surface area contributed by atoms with Crippen molar-refractivity contribution in [1.82, 2.24) is 4.90 Å². The standard InChI is InChI=1S/C14H21NO2S.ClH/c1-2-4-14(5-3-1)18-13-12-17-11-8-15-6-9-16-10-7-15;/h1-5H,6-13H2;1H. The molecule has 2 rings (SSSR count). The Morgan fingerprint density at radius 1 is 1.11 bits per heavy atom. The molecule has 1 aliphatic heterocycles. The molecular weight excluding hydrogens is 282 g/mol. The van der Waals surface area contributed by atoms with E-state index in [0.29, 0.717) is 0 Å². The number of hydrogen-bond donors (Lipinski definition) is 0. The maximum absolute atomic E-state index is 5.65. The van der Waals surface area contributed by atoms with Gasteiger partial charge in [0, 0.05) is 30.3 Å². The number of halogens is 1. The van der Waals surface area contributed by atoms with Gasteiger partial charge in [0.1, 0.15) is 0 Å². The summed E-state index contributed by atoms with van der Waals surface area (Å²) in [5.74, 6) is 1.02. The van der Waals surface area contributed by atoms with Crippen LogP contribution in [0.1, 0.15) is 0 Å². The van der Waals surface area contributed by atoms with Crippen molar-refractivity contribution in [3.05, 3.63) is 30.3 Å². The SMILES string of the molecule is Cl.c1ccc(SCCOCCN2CCOCC2)cc1. The predicted octanol–water partition coefficient (Wildman–Crippen LogP) is 2.55. The van der Waals surface area contributed by atoms with Crippen molar-refractivity contribution in [2.24, 2.45) is 0 Å². The van der Waals surface area contributed by atoms with Crippen LogP contribution in [-0.2, 0) is 9.47 Å². The van der Waals surface area contributed by atoms with Gasteiger partial charge in [-0.2, -0.15) is 0 Å². The van der Waals surface area contributed by atoms with Gasteiger partial charge in [0.15, 0.2) is 0 Å². The summed E-state index contributed by atoms with van der Waals surface area (Å²) in [5.41, 5.74) is 0. The molecule has 1 aliphatic rings. The summed E-state index contributed by atoms with van der Waals surface area (Å²) in [6.07, 6.45) is 0. The molecule has 1 aromatic carbocycles. The summed E-state index contributed by atoms with van der Waals surface area (Å²) >= 11 is 1.85. The lowest BCUT2D eigenvalue weighted by Crippen LogP contribution is -2.38. The molecule has 0 unspecified atom stereocenters. The van der Waals surface area contributed by atoms with E-state index in [1.54, 1.807) is 0 Å². The fourth-order valence-electron chi connectivity index (χ4n) is 1.86. The third-order valence-corrected chi connectivity index (χ3v) is 3.87. The third-order valence-electron chi connectivity index (χ3n) is 2.90. The molecule has 0 amide bonds. The molecule has 0 aromatic heterocycles. The highest BCUT2D eigenvalue weighted by Gasteiger charge is 2.08. The molecule has 0 atom stereocenters. The second-order valence-electron chi connectivity index (χ2n) is 4.23. The first-order valence-corrected chi connectivity index (χ1v) is 7.49. The minimum atomic E-state index is 0. The number of nitrogens with zero attached hydrogens (tertiary/aromatic N) is 1. The Kier molecular flexibility index (Phi) is 9.30. The summed E-state index contributed by atoms with van der Waals surface area (Å²) in [5, 5.41) is 0. The predicted molar refractivity (Wildman–Crippen MR) is 82.5 cm³/mol. The molecule has 1 saturated heterocycles. The molecule has 5 heteroatoms. The van der Waals surface area contributed by atoms with Crippen molar-refractivity contribution in [2.45, 2.75) is 4.90 Å². The lowest BCUT2D eigenvalue weighted by molar-refractivity contribution is 0.0221. The van der Waals surface area contributed by atoms with Crippen LogP contribution < -0.4 is 0 Å². The van der Waals surface area contributed by atoms with Gasteiger partial charge in [0.25, 0.3) is 0 Å². The molecule has 3 nitrogen and oxygen atoms in total. The summed E-state index contributed by atoms with van der Waals surface area (Å²) in [6, 6.07) is 10.5. The van der Waals surface area contributed by atoms with E-state index in [0.717, 1.165) is 51.8 Å². The van der Waals surface area contributed by atoms with E-state index < -0.39 is 0 Å². The zero-order valence-corrected chi connectivity index (χ0v) is 12.8. The van der Waals surface area contributed by atoms with E-state index in [-0.39, 0.29) is 12.4 Å². The quantitative estimate of drug-likeness (QED) is 0.570. The van der Waals surface area contributed by atoms with E-state index in [1.807, 2.05) is 17.8 Å². The van der Waals surface area contributed by atoms with Crippen LogP contribution in [-0.4, -0.2) is 56.7 Å². The average Bonchev–Trinajstić information content (AvgIpc) is 2.45.